The number of rotatable bonds is 11. The largest absolute Gasteiger partial charge is 0.494 e. The molecule has 5 aliphatic rings. The van der Waals surface area contributed by atoms with E-state index in [9.17, 15) is 9.59 Å². The van der Waals surface area contributed by atoms with Crippen molar-refractivity contribution in [1.82, 2.24) is 29.2 Å². The third kappa shape index (κ3) is 10.4. The topological polar surface area (TPSA) is 93.4 Å². The number of carbonyl (C=O) groups excluding carboxylic acids is 2. The fraction of sp³-hybridized carbons (Fsp3) is 0.492. The van der Waals surface area contributed by atoms with Crippen molar-refractivity contribution in [3.63, 3.8) is 0 Å². The van der Waals surface area contributed by atoms with Crippen LogP contribution in [0.5, 0.6) is 11.5 Å². The van der Waals surface area contributed by atoms with Crippen LogP contribution in [-0.4, -0.2) is 107 Å². The first-order chi connectivity index (χ1) is 34.2. The zero-order valence-corrected chi connectivity index (χ0v) is 42.1. The molecule has 0 saturated carbocycles. The lowest BCUT2D eigenvalue weighted by Gasteiger charge is -2.37. The molecule has 0 atom stereocenters. The van der Waals surface area contributed by atoms with E-state index in [1.165, 1.54) is 55.4 Å². The summed E-state index contributed by atoms with van der Waals surface area (Å²) in [4.78, 5) is 33.4. The van der Waals surface area contributed by atoms with Crippen molar-refractivity contribution >= 4 is 33.6 Å². The van der Waals surface area contributed by atoms with Crippen LogP contribution in [0.1, 0.15) is 121 Å². The Morgan fingerprint density at radius 3 is 1.59 bits per heavy atom. The van der Waals surface area contributed by atoms with Gasteiger partial charge in [-0.1, -0.05) is 38.1 Å². The number of carbonyl (C=O) groups is 2. The summed E-state index contributed by atoms with van der Waals surface area (Å²) < 4.78 is 21.8. The summed E-state index contributed by atoms with van der Waals surface area (Å²) >= 11 is 0. The van der Waals surface area contributed by atoms with Gasteiger partial charge in [0.25, 0.3) is 11.8 Å². The summed E-state index contributed by atoms with van der Waals surface area (Å²) in [6, 6.07) is 30.2. The Bertz CT molecular complexity index is 2750. The van der Waals surface area contributed by atoms with E-state index in [1.54, 1.807) is 0 Å². The van der Waals surface area contributed by atoms with Gasteiger partial charge in [0.15, 0.2) is 0 Å². The maximum Gasteiger partial charge on any atom is 0.253 e. The van der Waals surface area contributed by atoms with Crippen molar-refractivity contribution in [3.05, 3.63) is 130 Å². The molecular weight excluding hydrogens is 873 g/mol. The zero-order chi connectivity index (χ0) is 48.1. The highest BCUT2D eigenvalue weighted by atomic mass is 16.5. The summed E-state index contributed by atoms with van der Waals surface area (Å²) in [5, 5.41) is 5.99. The molecule has 370 valence electrons. The van der Waals surface area contributed by atoms with E-state index in [0.717, 1.165) is 159 Å². The molecule has 11 heteroatoms. The Hall–Kier alpha value is -5.62. The second kappa shape index (κ2) is 21.8. The molecule has 0 spiro atoms. The predicted octanol–water partition coefficient (Wildman–Crippen LogP) is 10.1. The number of fused-ring (bicyclic) bond motifs is 6. The van der Waals surface area contributed by atoms with E-state index in [0.29, 0.717) is 25.2 Å². The minimum atomic E-state index is 0.176. The first kappa shape index (κ1) is 48.0. The van der Waals surface area contributed by atoms with Gasteiger partial charge in [0.05, 0.1) is 13.2 Å². The van der Waals surface area contributed by atoms with Crippen LogP contribution in [0.2, 0.25) is 0 Å². The molecule has 4 aromatic carbocycles. The van der Waals surface area contributed by atoms with Crippen LogP contribution in [0.4, 0.5) is 0 Å². The summed E-state index contributed by atoms with van der Waals surface area (Å²) in [7, 11) is 0. The number of nitrogens with one attached hydrogen (secondary N) is 1. The number of nitrogens with zero attached hydrogens (tertiary/aromatic N) is 5. The Labute approximate surface area is 415 Å². The van der Waals surface area contributed by atoms with Crippen molar-refractivity contribution in [2.45, 2.75) is 111 Å². The molecule has 0 aliphatic carbocycles. The standard InChI is InChI=1S/C32H41N3O3.C27H33N3O2/c1-3-38-27-7-4-24(5-8-27)21-35-30-9-6-25(32(36)33-15-10-23(2)11-16-33)20-28(30)29-22-34(17-12-31(29)35)26-13-18-37-19-14-26;1-3-32-22-7-4-20(5-8-22)18-30-25-9-6-21(27(31)29-14-11-19(2)12-15-29)16-23(25)24-17-28-13-10-26(24)30/h4-9,20,23,26H,3,10-19,21-22H2,1-2H3;4-9,16,19,28H,3,10-15,17-18H2,1-2H3. The predicted molar refractivity (Wildman–Crippen MR) is 279 cm³/mol. The second-order valence-corrected chi connectivity index (χ2v) is 20.6. The van der Waals surface area contributed by atoms with Crippen molar-refractivity contribution in [2.75, 3.05) is 65.7 Å². The Morgan fingerprint density at radius 2 is 1.09 bits per heavy atom. The number of ether oxygens (including phenoxy) is 3. The number of hydrogen-bond donors (Lipinski definition) is 1. The molecule has 0 unspecified atom stereocenters. The van der Waals surface area contributed by atoms with Gasteiger partial charge in [0.2, 0.25) is 0 Å². The van der Waals surface area contributed by atoms with E-state index in [2.05, 4.69) is 117 Å². The van der Waals surface area contributed by atoms with Gasteiger partial charge in [0, 0.05) is 142 Å². The molecule has 0 bridgehead atoms. The highest BCUT2D eigenvalue weighted by Crippen LogP contribution is 2.36. The van der Waals surface area contributed by atoms with Gasteiger partial charge in [-0.25, -0.2) is 0 Å². The van der Waals surface area contributed by atoms with Crippen LogP contribution in [0.15, 0.2) is 84.9 Å². The average molecular weight is 947 g/mol. The Balaban J connectivity index is 0.000000165. The number of benzene rings is 4. The number of amides is 2. The molecule has 3 saturated heterocycles. The molecule has 7 heterocycles. The van der Waals surface area contributed by atoms with Crippen LogP contribution in [0.3, 0.4) is 0 Å². The zero-order valence-electron chi connectivity index (χ0n) is 42.1. The molecule has 2 aromatic heterocycles. The summed E-state index contributed by atoms with van der Waals surface area (Å²) in [5.74, 6) is 3.62. The molecule has 2 amide bonds. The van der Waals surface area contributed by atoms with Crippen molar-refractivity contribution in [1.29, 1.82) is 0 Å². The first-order valence-corrected chi connectivity index (χ1v) is 26.6. The van der Waals surface area contributed by atoms with E-state index in [-0.39, 0.29) is 11.8 Å². The Kier molecular flexibility index (Phi) is 15.0. The number of hydrogen-bond acceptors (Lipinski definition) is 7. The highest BCUT2D eigenvalue weighted by Gasteiger charge is 2.31. The summed E-state index contributed by atoms with van der Waals surface area (Å²) in [5.41, 5.74) is 12.2. The van der Waals surface area contributed by atoms with Crippen LogP contribution < -0.4 is 14.8 Å². The van der Waals surface area contributed by atoms with Crippen LogP contribution >= 0.6 is 0 Å². The van der Waals surface area contributed by atoms with Crippen molar-refractivity contribution in [2.24, 2.45) is 11.8 Å². The molecule has 5 aliphatic heterocycles. The van der Waals surface area contributed by atoms with E-state index < -0.39 is 0 Å². The third-order valence-electron chi connectivity index (χ3n) is 15.9. The number of aromatic nitrogens is 2. The van der Waals surface area contributed by atoms with Crippen molar-refractivity contribution < 1.29 is 23.8 Å². The van der Waals surface area contributed by atoms with Gasteiger partial charge in [-0.2, -0.15) is 0 Å². The maximum absolute atomic E-state index is 13.5. The molecule has 0 radical (unpaired) electrons. The fourth-order valence-corrected chi connectivity index (χ4v) is 11.7. The van der Waals surface area contributed by atoms with Gasteiger partial charge < -0.3 is 38.5 Å². The number of piperidine rings is 2. The molecule has 11 nitrogen and oxygen atoms in total. The quantitative estimate of drug-likeness (QED) is 0.138. The van der Waals surface area contributed by atoms with Crippen LogP contribution in [0.25, 0.3) is 21.8 Å². The SMILES string of the molecule is CCOc1ccc(Cn2c3c(c4cc(C(=O)N5CCC(C)CC5)ccc42)CN(C2CCOCC2)CC3)cc1.CCOc1ccc(Cn2c3c(c4cc(C(=O)N5CCC(C)CC5)ccc42)CNCC3)cc1. The van der Waals surface area contributed by atoms with Gasteiger partial charge in [-0.3, -0.25) is 14.5 Å². The van der Waals surface area contributed by atoms with E-state index in [4.69, 9.17) is 14.2 Å². The van der Waals surface area contributed by atoms with Crippen LogP contribution in [0, 0.1) is 11.8 Å². The lowest BCUT2D eigenvalue weighted by atomic mass is 9.97. The molecule has 11 rings (SSSR count). The minimum Gasteiger partial charge on any atom is -0.494 e. The van der Waals surface area contributed by atoms with Crippen molar-refractivity contribution in [3.8, 4) is 11.5 Å². The lowest BCUT2D eigenvalue weighted by Crippen LogP contribution is -2.42. The minimum absolute atomic E-state index is 0.176. The summed E-state index contributed by atoms with van der Waals surface area (Å²) in [6.45, 7) is 20.7. The smallest absolute Gasteiger partial charge is 0.253 e. The fourth-order valence-electron chi connectivity index (χ4n) is 11.7. The maximum atomic E-state index is 13.5. The average Bonchev–Trinajstić information content (AvgIpc) is 3.88. The monoisotopic (exact) mass is 947 g/mol. The van der Waals surface area contributed by atoms with Crippen LogP contribution in [-0.2, 0) is 43.8 Å². The molecule has 70 heavy (non-hydrogen) atoms. The lowest BCUT2D eigenvalue weighted by molar-refractivity contribution is 0.0289. The third-order valence-corrected chi connectivity index (χ3v) is 15.9. The van der Waals surface area contributed by atoms with Gasteiger partial charge in [0.1, 0.15) is 11.5 Å². The second-order valence-electron chi connectivity index (χ2n) is 20.6. The number of likely N-dealkylation sites (tertiary alicyclic amines) is 2. The summed E-state index contributed by atoms with van der Waals surface area (Å²) in [6.07, 6.45) is 8.66. The Morgan fingerprint density at radius 1 is 0.600 bits per heavy atom. The molecule has 3 fully saturated rings. The van der Waals surface area contributed by atoms with E-state index >= 15 is 0 Å². The molecular formula is C59H74N6O5. The van der Waals surface area contributed by atoms with E-state index in [1.807, 2.05) is 24.8 Å². The molecule has 6 aromatic rings. The highest BCUT2D eigenvalue weighted by molar-refractivity contribution is 6.00. The normalized spacial score (nSPS) is 18.3. The first-order valence-electron chi connectivity index (χ1n) is 26.6. The van der Waals surface area contributed by atoms with Gasteiger partial charge in [-0.05, 0) is 147 Å². The van der Waals surface area contributed by atoms with Gasteiger partial charge >= 0.3 is 0 Å². The molecule has 1 N–H and O–H groups in total. The van der Waals surface area contributed by atoms with Gasteiger partial charge in [-0.15, -0.1) is 0 Å².